The van der Waals surface area contributed by atoms with Crippen LogP contribution in [0.3, 0.4) is 0 Å². The van der Waals surface area contributed by atoms with E-state index in [1.54, 1.807) is 7.11 Å². The highest BCUT2D eigenvalue weighted by Gasteiger charge is 2.05. The minimum atomic E-state index is -0.112. The zero-order chi connectivity index (χ0) is 8.97. The van der Waals surface area contributed by atoms with E-state index in [-0.39, 0.29) is 6.61 Å². The molecular weight excluding hydrogens is 180 g/mol. The summed E-state index contributed by atoms with van der Waals surface area (Å²) in [5, 5.41) is 9.11. The highest BCUT2D eigenvalue weighted by molar-refractivity contribution is 6.30. The summed E-state index contributed by atoms with van der Waals surface area (Å²) in [6.45, 7) is 0.480. The smallest absolute Gasteiger partial charge is 0.152 e. The van der Waals surface area contributed by atoms with Crippen molar-refractivity contribution >= 4 is 11.6 Å². The third-order valence-electron chi connectivity index (χ3n) is 1.48. The molecule has 68 valence electrons. The number of H-pyrrole nitrogens is 1. The van der Waals surface area contributed by atoms with Crippen molar-refractivity contribution in [1.29, 1.82) is 0 Å². The maximum atomic E-state index is 8.77. The van der Waals surface area contributed by atoms with Gasteiger partial charge in [0, 0.05) is 13.5 Å². The minimum Gasteiger partial charge on any atom is -0.390 e. The molecule has 0 fully saturated rings. The summed E-state index contributed by atoms with van der Waals surface area (Å²) >= 11 is 5.68. The number of ether oxygens (including phenoxy) is 1. The number of nitrogens with zero attached hydrogens (tertiary/aromatic N) is 1. The Kier molecular flexibility index (Phi) is 3.52. The number of aliphatic hydroxyl groups excluding tert-OH is 1. The van der Waals surface area contributed by atoms with Crippen molar-refractivity contribution in [2.24, 2.45) is 0 Å². The second-order valence-electron chi connectivity index (χ2n) is 2.35. The zero-order valence-corrected chi connectivity index (χ0v) is 7.56. The average molecular weight is 191 g/mol. The molecule has 1 aromatic heterocycles. The van der Waals surface area contributed by atoms with Gasteiger partial charge in [-0.05, 0) is 0 Å². The number of aromatic nitrogens is 2. The van der Waals surface area contributed by atoms with Gasteiger partial charge in [-0.15, -0.1) is 0 Å². The molecule has 1 heterocycles. The fourth-order valence-electron chi connectivity index (χ4n) is 0.862. The van der Waals surface area contributed by atoms with Gasteiger partial charge in [0.1, 0.15) is 5.82 Å². The predicted octanol–water partition coefficient (Wildman–Crippen LogP) is 0.744. The highest BCUT2D eigenvalue weighted by atomic mass is 35.5. The predicted molar refractivity (Wildman–Crippen MR) is 45.1 cm³/mol. The van der Waals surface area contributed by atoms with Crippen LogP contribution in [0.1, 0.15) is 11.5 Å². The number of aliphatic hydroxyl groups is 1. The Balaban J connectivity index is 2.62. The van der Waals surface area contributed by atoms with E-state index in [0.29, 0.717) is 23.9 Å². The molecule has 0 saturated heterocycles. The average Bonchev–Trinajstić information content (AvgIpc) is 2.43. The number of methoxy groups -OCH3 is 1. The van der Waals surface area contributed by atoms with Gasteiger partial charge in [-0.1, -0.05) is 11.6 Å². The standard InChI is InChI=1S/C7H11ClN2O2/c1-12-3-2-6-9-5(4-11)7(8)10-6/h11H,2-4H2,1H3,(H,9,10). The van der Waals surface area contributed by atoms with E-state index in [1.807, 2.05) is 0 Å². The molecule has 0 atom stereocenters. The Morgan fingerprint density at radius 3 is 2.92 bits per heavy atom. The van der Waals surface area contributed by atoms with Gasteiger partial charge in [0.15, 0.2) is 5.15 Å². The molecule has 0 unspecified atom stereocenters. The third-order valence-corrected chi connectivity index (χ3v) is 1.79. The van der Waals surface area contributed by atoms with Crippen LogP contribution in [0.5, 0.6) is 0 Å². The van der Waals surface area contributed by atoms with Crippen molar-refractivity contribution in [3.05, 3.63) is 16.7 Å². The highest BCUT2D eigenvalue weighted by Crippen LogP contribution is 2.12. The van der Waals surface area contributed by atoms with E-state index in [9.17, 15) is 0 Å². The van der Waals surface area contributed by atoms with Crippen molar-refractivity contribution < 1.29 is 9.84 Å². The molecule has 0 spiro atoms. The molecule has 1 rings (SSSR count). The summed E-state index contributed by atoms with van der Waals surface area (Å²) in [7, 11) is 1.62. The van der Waals surface area contributed by atoms with Gasteiger partial charge in [-0.2, -0.15) is 0 Å². The largest absolute Gasteiger partial charge is 0.390 e. The molecule has 0 aliphatic rings. The number of rotatable bonds is 4. The molecule has 0 aliphatic heterocycles. The van der Waals surface area contributed by atoms with Gasteiger partial charge in [0.2, 0.25) is 0 Å². The summed E-state index contributed by atoms with van der Waals surface area (Å²) in [5.41, 5.74) is 0.558. The minimum absolute atomic E-state index is 0.112. The first kappa shape index (κ1) is 9.51. The van der Waals surface area contributed by atoms with Crippen molar-refractivity contribution in [2.45, 2.75) is 13.0 Å². The molecule has 5 heteroatoms. The van der Waals surface area contributed by atoms with E-state index >= 15 is 0 Å². The monoisotopic (exact) mass is 190 g/mol. The molecule has 1 aromatic rings. The number of hydrogen-bond acceptors (Lipinski definition) is 3. The van der Waals surface area contributed by atoms with Crippen molar-refractivity contribution in [3.8, 4) is 0 Å². The number of hydrogen-bond donors (Lipinski definition) is 2. The van der Waals surface area contributed by atoms with Crippen LogP contribution in [0.25, 0.3) is 0 Å². The summed E-state index contributed by atoms with van der Waals surface area (Å²) in [6.07, 6.45) is 0.677. The lowest BCUT2D eigenvalue weighted by Gasteiger charge is -1.93. The number of aromatic amines is 1. The number of imidazole rings is 1. The molecule has 4 nitrogen and oxygen atoms in total. The molecule has 0 saturated carbocycles. The molecule has 0 aliphatic carbocycles. The van der Waals surface area contributed by atoms with Crippen LogP contribution >= 0.6 is 11.6 Å². The Hall–Kier alpha value is -0.580. The third kappa shape index (κ3) is 2.20. The molecule has 0 amide bonds. The zero-order valence-electron chi connectivity index (χ0n) is 6.80. The molecule has 12 heavy (non-hydrogen) atoms. The maximum absolute atomic E-state index is 8.77. The van der Waals surface area contributed by atoms with Gasteiger partial charge in [0.25, 0.3) is 0 Å². The second kappa shape index (κ2) is 4.45. The van der Waals surface area contributed by atoms with E-state index in [4.69, 9.17) is 21.4 Å². The van der Waals surface area contributed by atoms with Crippen LogP contribution in [0.2, 0.25) is 5.15 Å². The van der Waals surface area contributed by atoms with Gasteiger partial charge in [-0.25, -0.2) is 4.98 Å². The van der Waals surface area contributed by atoms with Gasteiger partial charge < -0.3 is 14.8 Å². The number of nitrogens with one attached hydrogen (secondary N) is 1. The lowest BCUT2D eigenvalue weighted by atomic mass is 10.4. The second-order valence-corrected chi connectivity index (χ2v) is 2.71. The first-order chi connectivity index (χ1) is 5.77. The van der Waals surface area contributed by atoms with E-state index in [2.05, 4.69) is 9.97 Å². The molecule has 0 aromatic carbocycles. The Bertz CT molecular complexity index is 250. The van der Waals surface area contributed by atoms with Crippen molar-refractivity contribution in [3.63, 3.8) is 0 Å². The summed E-state index contributed by atoms with van der Waals surface area (Å²) in [4.78, 5) is 6.88. The number of halogens is 1. The Morgan fingerprint density at radius 2 is 2.42 bits per heavy atom. The quantitative estimate of drug-likeness (QED) is 0.737. The molecular formula is C7H11ClN2O2. The van der Waals surface area contributed by atoms with Gasteiger partial charge >= 0.3 is 0 Å². The van der Waals surface area contributed by atoms with Crippen LogP contribution < -0.4 is 0 Å². The van der Waals surface area contributed by atoms with Crippen LogP contribution in [-0.4, -0.2) is 28.8 Å². The van der Waals surface area contributed by atoms with Crippen LogP contribution in [0, 0.1) is 0 Å². The first-order valence-corrected chi connectivity index (χ1v) is 3.98. The fourth-order valence-corrected chi connectivity index (χ4v) is 1.07. The lowest BCUT2D eigenvalue weighted by molar-refractivity contribution is 0.200. The van der Waals surface area contributed by atoms with Crippen molar-refractivity contribution in [1.82, 2.24) is 9.97 Å². The normalized spacial score (nSPS) is 10.6. The topological polar surface area (TPSA) is 58.1 Å². The molecule has 0 radical (unpaired) electrons. The van der Waals surface area contributed by atoms with Crippen LogP contribution in [-0.2, 0) is 17.8 Å². The van der Waals surface area contributed by atoms with E-state index in [0.717, 1.165) is 5.82 Å². The van der Waals surface area contributed by atoms with E-state index < -0.39 is 0 Å². The molecule has 0 bridgehead atoms. The fraction of sp³-hybridized carbons (Fsp3) is 0.571. The SMILES string of the molecule is COCCc1nc(Cl)c(CO)[nH]1. The van der Waals surface area contributed by atoms with Crippen LogP contribution in [0.15, 0.2) is 0 Å². The van der Waals surface area contributed by atoms with Gasteiger partial charge in [0.05, 0.1) is 18.9 Å². The summed E-state index contributed by atoms with van der Waals surface area (Å²) in [5.74, 6) is 0.742. The Morgan fingerprint density at radius 1 is 1.67 bits per heavy atom. The first-order valence-electron chi connectivity index (χ1n) is 3.61. The van der Waals surface area contributed by atoms with E-state index in [1.165, 1.54) is 0 Å². The van der Waals surface area contributed by atoms with Gasteiger partial charge in [-0.3, -0.25) is 0 Å². The Labute approximate surface area is 75.5 Å². The van der Waals surface area contributed by atoms with Crippen LogP contribution in [0.4, 0.5) is 0 Å². The molecule has 2 N–H and O–H groups in total. The summed E-state index contributed by atoms with van der Waals surface area (Å²) < 4.78 is 4.86. The lowest BCUT2D eigenvalue weighted by Crippen LogP contribution is -1.96. The van der Waals surface area contributed by atoms with Crippen molar-refractivity contribution in [2.75, 3.05) is 13.7 Å². The summed E-state index contributed by atoms with van der Waals surface area (Å²) in [6, 6.07) is 0. The maximum Gasteiger partial charge on any atom is 0.152 e.